The summed E-state index contributed by atoms with van der Waals surface area (Å²) in [5.41, 5.74) is 0.650. The average Bonchev–Trinajstić information content (AvgIpc) is 2.39. The minimum Gasteiger partial charge on any atom is -0.481 e. The van der Waals surface area contributed by atoms with Crippen LogP contribution in [0.1, 0.15) is 33.9 Å². The third-order valence-electron chi connectivity index (χ3n) is 2.24. The van der Waals surface area contributed by atoms with Crippen LogP contribution in [0.25, 0.3) is 0 Å². The molecule has 1 rings (SSSR count). The molecule has 2 N–H and O–H groups in total. The normalized spacial score (nSPS) is 10.3. The topological polar surface area (TPSA) is 87.7 Å². The lowest BCUT2D eigenvalue weighted by molar-refractivity contribution is -0.137. The van der Waals surface area contributed by atoms with Gasteiger partial charge in [-0.2, -0.15) is 0 Å². The van der Waals surface area contributed by atoms with Crippen LogP contribution in [0.5, 0.6) is 0 Å². The highest BCUT2D eigenvalue weighted by molar-refractivity contribution is 5.91. The Balaban J connectivity index is 3.01. The molecule has 5 nitrogen and oxygen atoms in total. The number of aromatic carboxylic acids is 1. The summed E-state index contributed by atoms with van der Waals surface area (Å²) in [5.74, 6) is -1.30. The molecule has 0 aliphatic heterocycles. The second-order valence-electron chi connectivity index (χ2n) is 3.28. The predicted molar refractivity (Wildman–Crippen MR) is 51.1 cm³/mol. The summed E-state index contributed by atoms with van der Waals surface area (Å²) in [6, 6.07) is 0. The molecule has 0 radical (unpaired) electrons. The summed E-state index contributed by atoms with van der Waals surface area (Å²) < 4.78 is 5.21. The molecule has 0 saturated heterocycles. The van der Waals surface area contributed by atoms with Crippen LogP contribution in [-0.2, 0) is 11.2 Å². The van der Waals surface area contributed by atoms with Crippen LogP contribution < -0.4 is 0 Å². The minimum absolute atomic E-state index is 0.0914. The first-order valence-corrected chi connectivity index (χ1v) is 4.47. The van der Waals surface area contributed by atoms with Crippen LogP contribution in [0.3, 0.4) is 0 Å². The molecule has 0 aliphatic carbocycles. The van der Waals surface area contributed by atoms with Crippen molar-refractivity contribution in [2.75, 3.05) is 0 Å². The molecule has 0 amide bonds. The van der Waals surface area contributed by atoms with Gasteiger partial charge in [-0.1, -0.05) is 0 Å². The van der Waals surface area contributed by atoms with Crippen LogP contribution in [-0.4, -0.2) is 22.2 Å². The molecule has 82 valence electrons. The molecular formula is C10H12O5. The first-order valence-electron chi connectivity index (χ1n) is 4.47. The van der Waals surface area contributed by atoms with Crippen LogP contribution >= 0.6 is 0 Å². The third kappa shape index (κ3) is 2.37. The molecule has 0 unspecified atom stereocenters. The van der Waals surface area contributed by atoms with Crippen molar-refractivity contribution in [2.45, 2.75) is 26.7 Å². The zero-order valence-electron chi connectivity index (χ0n) is 8.53. The fourth-order valence-electron chi connectivity index (χ4n) is 1.37. The molecule has 0 aromatic carbocycles. The Morgan fingerprint density at radius 3 is 2.33 bits per heavy atom. The van der Waals surface area contributed by atoms with E-state index < -0.39 is 11.9 Å². The number of carboxylic acid groups (broad SMARTS) is 2. The first kappa shape index (κ1) is 11.3. The van der Waals surface area contributed by atoms with E-state index in [-0.39, 0.29) is 24.2 Å². The molecule has 0 bridgehead atoms. The number of aliphatic carboxylic acids is 1. The number of carbonyl (C=O) groups is 2. The van der Waals surface area contributed by atoms with Gasteiger partial charge >= 0.3 is 11.9 Å². The van der Waals surface area contributed by atoms with Gasteiger partial charge in [0.25, 0.3) is 0 Å². The van der Waals surface area contributed by atoms with Gasteiger partial charge in [0.15, 0.2) is 0 Å². The molecule has 5 heteroatoms. The van der Waals surface area contributed by atoms with E-state index >= 15 is 0 Å². The Morgan fingerprint density at radius 2 is 1.87 bits per heavy atom. The lowest BCUT2D eigenvalue weighted by Gasteiger charge is -1.96. The third-order valence-corrected chi connectivity index (χ3v) is 2.24. The minimum atomic E-state index is -1.08. The van der Waals surface area contributed by atoms with E-state index in [4.69, 9.17) is 14.6 Å². The number of hydrogen-bond donors (Lipinski definition) is 2. The SMILES string of the molecule is Cc1oc(CCC(=O)O)c(C(=O)O)c1C. The van der Waals surface area contributed by atoms with Gasteiger partial charge in [-0.25, -0.2) is 4.79 Å². The molecule has 1 heterocycles. The van der Waals surface area contributed by atoms with E-state index in [1.54, 1.807) is 13.8 Å². The molecule has 0 aliphatic rings. The molecule has 0 spiro atoms. The number of carboxylic acids is 2. The van der Waals surface area contributed by atoms with Crippen LogP contribution in [0.15, 0.2) is 4.42 Å². The number of rotatable bonds is 4. The monoisotopic (exact) mass is 212 g/mol. The van der Waals surface area contributed by atoms with Gasteiger partial charge in [-0.05, 0) is 13.8 Å². The van der Waals surface area contributed by atoms with E-state index in [9.17, 15) is 9.59 Å². The second-order valence-corrected chi connectivity index (χ2v) is 3.28. The van der Waals surface area contributed by atoms with Crippen LogP contribution in [0.4, 0.5) is 0 Å². The number of aryl methyl sites for hydroxylation is 2. The highest BCUT2D eigenvalue weighted by Crippen LogP contribution is 2.22. The number of hydrogen-bond acceptors (Lipinski definition) is 3. The van der Waals surface area contributed by atoms with Gasteiger partial charge in [0, 0.05) is 12.0 Å². The van der Waals surface area contributed by atoms with Gasteiger partial charge in [0.05, 0.1) is 6.42 Å². The van der Waals surface area contributed by atoms with Crippen LogP contribution in [0, 0.1) is 13.8 Å². The Morgan fingerprint density at radius 1 is 1.27 bits per heavy atom. The van der Waals surface area contributed by atoms with Crippen molar-refractivity contribution < 1.29 is 24.2 Å². The predicted octanol–water partition coefficient (Wildman–Crippen LogP) is 1.61. The van der Waals surface area contributed by atoms with Crippen molar-refractivity contribution in [1.29, 1.82) is 0 Å². The first-order chi connectivity index (χ1) is 6.93. The summed E-state index contributed by atoms with van der Waals surface area (Å²) >= 11 is 0. The van der Waals surface area contributed by atoms with Crippen molar-refractivity contribution in [2.24, 2.45) is 0 Å². The van der Waals surface area contributed by atoms with Gasteiger partial charge in [-0.15, -0.1) is 0 Å². The summed E-state index contributed by atoms with van der Waals surface area (Å²) in [5, 5.41) is 17.4. The maximum Gasteiger partial charge on any atom is 0.339 e. The quantitative estimate of drug-likeness (QED) is 0.791. The lowest BCUT2D eigenvalue weighted by Crippen LogP contribution is -2.04. The Kier molecular flexibility index (Phi) is 3.14. The molecular weight excluding hydrogens is 200 g/mol. The van der Waals surface area contributed by atoms with Crippen molar-refractivity contribution >= 4 is 11.9 Å². The maximum absolute atomic E-state index is 10.9. The molecule has 1 aromatic rings. The van der Waals surface area contributed by atoms with E-state index in [1.165, 1.54) is 0 Å². The Bertz CT molecular complexity index is 402. The highest BCUT2D eigenvalue weighted by Gasteiger charge is 2.20. The van der Waals surface area contributed by atoms with Crippen molar-refractivity contribution in [1.82, 2.24) is 0 Å². The fraction of sp³-hybridized carbons (Fsp3) is 0.400. The summed E-state index contributed by atoms with van der Waals surface area (Å²) in [6.07, 6.45) is -0.0294. The Hall–Kier alpha value is -1.78. The molecule has 0 atom stereocenters. The van der Waals surface area contributed by atoms with E-state index in [1.807, 2.05) is 0 Å². The van der Waals surface area contributed by atoms with Gasteiger partial charge in [0.2, 0.25) is 0 Å². The smallest absolute Gasteiger partial charge is 0.339 e. The molecule has 1 aromatic heterocycles. The zero-order chi connectivity index (χ0) is 11.6. The van der Waals surface area contributed by atoms with Gasteiger partial charge < -0.3 is 14.6 Å². The zero-order valence-corrected chi connectivity index (χ0v) is 8.53. The Labute approximate surface area is 86.3 Å². The van der Waals surface area contributed by atoms with Crippen LogP contribution in [0.2, 0.25) is 0 Å². The van der Waals surface area contributed by atoms with Gasteiger partial charge in [-0.3, -0.25) is 4.79 Å². The summed E-state index contributed by atoms with van der Waals surface area (Å²) in [6.45, 7) is 3.30. The highest BCUT2D eigenvalue weighted by atomic mass is 16.4. The average molecular weight is 212 g/mol. The van der Waals surface area contributed by atoms with Crippen molar-refractivity contribution in [3.05, 3.63) is 22.6 Å². The molecule has 0 fully saturated rings. The maximum atomic E-state index is 10.9. The summed E-state index contributed by atoms with van der Waals surface area (Å²) in [4.78, 5) is 21.2. The van der Waals surface area contributed by atoms with Crippen molar-refractivity contribution in [3.63, 3.8) is 0 Å². The largest absolute Gasteiger partial charge is 0.481 e. The molecule has 15 heavy (non-hydrogen) atoms. The van der Waals surface area contributed by atoms with Crippen molar-refractivity contribution in [3.8, 4) is 0 Å². The fourth-order valence-corrected chi connectivity index (χ4v) is 1.37. The van der Waals surface area contributed by atoms with E-state index in [0.29, 0.717) is 11.3 Å². The van der Waals surface area contributed by atoms with E-state index in [0.717, 1.165) is 0 Å². The summed E-state index contributed by atoms with van der Waals surface area (Å²) in [7, 11) is 0. The van der Waals surface area contributed by atoms with E-state index in [2.05, 4.69) is 0 Å². The standard InChI is InChI=1S/C10H12O5/c1-5-6(2)15-7(3-4-8(11)12)9(5)10(13)14/h3-4H2,1-2H3,(H,11,12)(H,13,14). The molecule has 0 saturated carbocycles. The number of furan rings is 1. The van der Waals surface area contributed by atoms with Gasteiger partial charge in [0.1, 0.15) is 17.1 Å². The second kappa shape index (κ2) is 4.16. The lowest BCUT2D eigenvalue weighted by atomic mass is 10.1.